The smallest absolute Gasteiger partial charge is 0.262 e. The van der Waals surface area contributed by atoms with Gasteiger partial charge in [0.25, 0.3) is 5.56 Å². The summed E-state index contributed by atoms with van der Waals surface area (Å²) >= 11 is 0. The molecule has 1 atom stereocenters. The third-order valence-electron chi connectivity index (χ3n) is 4.58. The molecule has 0 saturated carbocycles. The van der Waals surface area contributed by atoms with Gasteiger partial charge in [0.2, 0.25) is 5.91 Å². The van der Waals surface area contributed by atoms with Crippen LogP contribution in [0.5, 0.6) is 5.75 Å². The Kier molecular flexibility index (Phi) is 3.53. The number of rotatable bonds is 2. The normalized spacial score (nSPS) is 16.8. The Labute approximate surface area is 144 Å². The van der Waals surface area contributed by atoms with Gasteiger partial charge < -0.3 is 9.64 Å². The van der Waals surface area contributed by atoms with Crippen molar-refractivity contribution in [3.63, 3.8) is 0 Å². The number of ether oxygens (including phenoxy) is 1. The van der Waals surface area contributed by atoms with Gasteiger partial charge in [-0.25, -0.2) is 4.98 Å². The summed E-state index contributed by atoms with van der Waals surface area (Å²) in [6.07, 6.45) is 0. The maximum Gasteiger partial charge on any atom is 0.262 e. The summed E-state index contributed by atoms with van der Waals surface area (Å²) in [4.78, 5) is 31.9. The Morgan fingerprint density at radius 3 is 2.52 bits per heavy atom. The maximum absolute atomic E-state index is 12.8. The van der Waals surface area contributed by atoms with E-state index in [4.69, 9.17) is 4.74 Å². The van der Waals surface area contributed by atoms with Crippen molar-refractivity contribution in [2.75, 3.05) is 12.0 Å². The van der Waals surface area contributed by atoms with Gasteiger partial charge in [-0.1, -0.05) is 12.1 Å². The van der Waals surface area contributed by atoms with Crippen LogP contribution in [0.1, 0.15) is 18.8 Å². The molecule has 0 unspecified atom stereocenters. The fourth-order valence-electron chi connectivity index (χ4n) is 3.24. The SMILES string of the molecule is COc1ccc(N2Cc3nc4ccccc4c(=O)n3[C@@H](C)C2=O)cc1. The molecule has 25 heavy (non-hydrogen) atoms. The van der Waals surface area contributed by atoms with Gasteiger partial charge in [-0.3, -0.25) is 14.2 Å². The van der Waals surface area contributed by atoms with Crippen LogP contribution in [0.2, 0.25) is 0 Å². The van der Waals surface area contributed by atoms with Crippen molar-refractivity contribution >= 4 is 22.5 Å². The zero-order valence-corrected chi connectivity index (χ0v) is 14.0. The van der Waals surface area contributed by atoms with E-state index in [0.717, 1.165) is 11.4 Å². The van der Waals surface area contributed by atoms with E-state index in [1.54, 1.807) is 31.1 Å². The lowest BCUT2D eigenvalue weighted by molar-refractivity contribution is -0.122. The number of aromatic nitrogens is 2. The van der Waals surface area contributed by atoms with Gasteiger partial charge >= 0.3 is 0 Å². The Hall–Kier alpha value is -3.15. The molecule has 0 aliphatic carbocycles. The van der Waals surface area contributed by atoms with Crippen LogP contribution in [-0.2, 0) is 11.3 Å². The van der Waals surface area contributed by atoms with Crippen LogP contribution in [0.4, 0.5) is 5.69 Å². The van der Waals surface area contributed by atoms with Crippen molar-refractivity contribution in [3.05, 3.63) is 64.7 Å². The van der Waals surface area contributed by atoms with Crippen molar-refractivity contribution < 1.29 is 9.53 Å². The van der Waals surface area contributed by atoms with E-state index in [0.29, 0.717) is 16.7 Å². The van der Waals surface area contributed by atoms with Gasteiger partial charge in [-0.15, -0.1) is 0 Å². The van der Waals surface area contributed by atoms with E-state index in [1.165, 1.54) is 4.57 Å². The largest absolute Gasteiger partial charge is 0.497 e. The van der Waals surface area contributed by atoms with E-state index in [2.05, 4.69) is 4.98 Å². The van der Waals surface area contributed by atoms with Crippen LogP contribution in [0.15, 0.2) is 53.3 Å². The lowest BCUT2D eigenvalue weighted by Gasteiger charge is -2.33. The average Bonchev–Trinajstić information content (AvgIpc) is 2.65. The summed E-state index contributed by atoms with van der Waals surface area (Å²) in [6.45, 7) is 1.99. The van der Waals surface area contributed by atoms with E-state index in [1.807, 2.05) is 36.4 Å². The first-order chi connectivity index (χ1) is 12.1. The molecule has 0 radical (unpaired) electrons. The Bertz CT molecular complexity index is 1020. The highest BCUT2D eigenvalue weighted by atomic mass is 16.5. The minimum atomic E-state index is -0.601. The zero-order chi connectivity index (χ0) is 17.6. The van der Waals surface area contributed by atoms with Crippen LogP contribution in [0.25, 0.3) is 10.9 Å². The molecule has 6 heteroatoms. The second-order valence-electron chi connectivity index (χ2n) is 6.02. The van der Waals surface area contributed by atoms with E-state index < -0.39 is 6.04 Å². The van der Waals surface area contributed by atoms with Gasteiger partial charge in [-0.05, 0) is 43.3 Å². The fraction of sp³-hybridized carbons (Fsp3) is 0.211. The third-order valence-corrected chi connectivity index (χ3v) is 4.58. The highest BCUT2D eigenvalue weighted by molar-refractivity contribution is 5.97. The van der Waals surface area contributed by atoms with Gasteiger partial charge in [0, 0.05) is 5.69 Å². The molecule has 1 aromatic heterocycles. The van der Waals surface area contributed by atoms with E-state index >= 15 is 0 Å². The number of amides is 1. The molecule has 6 nitrogen and oxygen atoms in total. The van der Waals surface area contributed by atoms with Gasteiger partial charge in [-0.2, -0.15) is 0 Å². The molecule has 2 aromatic carbocycles. The van der Waals surface area contributed by atoms with Crippen molar-refractivity contribution in [1.29, 1.82) is 0 Å². The molecular formula is C19H17N3O3. The molecule has 0 bridgehead atoms. The minimum Gasteiger partial charge on any atom is -0.497 e. The van der Waals surface area contributed by atoms with Crippen molar-refractivity contribution in [1.82, 2.24) is 9.55 Å². The highest BCUT2D eigenvalue weighted by Gasteiger charge is 2.32. The zero-order valence-electron chi connectivity index (χ0n) is 14.0. The number of fused-ring (bicyclic) bond motifs is 2. The number of methoxy groups -OCH3 is 1. The first-order valence-corrected chi connectivity index (χ1v) is 8.05. The molecule has 0 N–H and O–H groups in total. The summed E-state index contributed by atoms with van der Waals surface area (Å²) in [7, 11) is 1.60. The molecule has 126 valence electrons. The number of hydrogen-bond acceptors (Lipinski definition) is 4. The van der Waals surface area contributed by atoms with Crippen LogP contribution in [0, 0.1) is 0 Å². The van der Waals surface area contributed by atoms with Crippen molar-refractivity contribution in [2.45, 2.75) is 19.5 Å². The summed E-state index contributed by atoms with van der Waals surface area (Å²) < 4.78 is 6.67. The summed E-state index contributed by atoms with van der Waals surface area (Å²) in [6, 6.07) is 13.9. The van der Waals surface area contributed by atoms with Gasteiger partial charge in [0.15, 0.2) is 0 Å². The van der Waals surface area contributed by atoms with Crippen molar-refractivity contribution in [3.8, 4) is 5.75 Å². The Balaban J connectivity index is 1.84. The number of carbonyl (C=O) groups excluding carboxylic acids is 1. The summed E-state index contributed by atoms with van der Waals surface area (Å²) in [5.41, 5.74) is 1.23. The second-order valence-corrected chi connectivity index (χ2v) is 6.02. The number of anilines is 1. The Morgan fingerprint density at radius 1 is 1.08 bits per heavy atom. The lowest BCUT2D eigenvalue weighted by atomic mass is 10.1. The van der Waals surface area contributed by atoms with E-state index in [9.17, 15) is 9.59 Å². The summed E-state index contributed by atoms with van der Waals surface area (Å²) in [5, 5.41) is 0.531. The standard InChI is InChI=1S/C19H17N3O3/c1-12-18(23)21(13-7-9-14(25-2)10-8-13)11-17-20-16-6-4-3-5-15(16)19(24)22(12)17/h3-10,12H,11H2,1-2H3/t12-/m0/s1. The first kappa shape index (κ1) is 15.4. The maximum atomic E-state index is 12.8. The fourth-order valence-corrected chi connectivity index (χ4v) is 3.24. The number of benzene rings is 2. The quantitative estimate of drug-likeness (QED) is 0.722. The number of nitrogens with zero attached hydrogens (tertiary/aromatic N) is 3. The molecule has 2 heterocycles. The summed E-state index contributed by atoms with van der Waals surface area (Å²) in [5.74, 6) is 1.19. The molecule has 1 aliphatic rings. The molecule has 4 rings (SSSR count). The van der Waals surface area contributed by atoms with Crippen LogP contribution >= 0.6 is 0 Å². The third kappa shape index (κ3) is 2.38. The predicted octanol–water partition coefficient (Wildman–Crippen LogP) is 2.51. The molecular weight excluding hydrogens is 318 g/mol. The average molecular weight is 335 g/mol. The second kappa shape index (κ2) is 5.73. The Morgan fingerprint density at radius 2 is 1.80 bits per heavy atom. The van der Waals surface area contributed by atoms with Crippen LogP contribution in [-0.4, -0.2) is 22.6 Å². The van der Waals surface area contributed by atoms with Crippen molar-refractivity contribution in [2.24, 2.45) is 0 Å². The van der Waals surface area contributed by atoms with E-state index in [-0.39, 0.29) is 18.0 Å². The van der Waals surface area contributed by atoms with Crippen LogP contribution in [0.3, 0.4) is 0 Å². The predicted molar refractivity (Wildman–Crippen MR) is 94.9 cm³/mol. The topological polar surface area (TPSA) is 64.4 Å². The lowest BCUT2D eigenvalue weighted by Crippen LogP contribution is -2.46. The molecule has 0 fully saturated rings. The van der Waals surface area contributed by atoms with Gasteiger partial charge in [0.1, 0.15) is 17.6 Å². The molecule has 1 aliphatic heterocycles. The number of hydrogen-bond donors (Lipinski definition) is 0. The molecule has 1 amide bonds. The molecule has 0 saturated heterocycles. The van der Waals surface area contributed by atoms with Gasteiger partial charge in [0.05, 0.1) is 24.6 Å². The number of para-hydroxylation sites is 1. The highest BCUT2D eigenvalue weighted by Crippen LogP contribution is 2.27. The monoisotopic (exact) mass is 335 g/mol. The first-order valence-electron chi connectivity index (χ1n) is 8.05. The number of carbonyl (C=O) groups is 1. The minimum absolute atomic E-state index is 0.128. The molecule has 0 spiro atoms. The molecule has 3 aromatic rings. The van der Waals surface area contributed by atoms with Crippen LogP contribution < -0.4 is 15.2 Å².